The molecule has 1 aromatic heterocycles. The second-order valence-corrected chi connectivity index (χ2v) is 4.28. The molecule has 0 unspecified atom stereocenters. The summed E-state index contributed by atoms with van der Waals surface area (Å²) in [5, 5.41) is 8.23. The molecule has 1 aromatic carbocycles. The number of hydrogen-bond donors (Lipinski definition) is 0. The van der Waals surface area contributed by atoms with Crippen LogP contribution in [-0.4, -0.2) is 15.0 Å². The molecular formula is C11H12BrN3. The van der Waals surface area contributed by atoms with Crippen molar-refractivity contribution in [2.24, 2.45) is 7.05 Å². The fourth-order valence-electron chi connectivity index (χ4n) is 1.61. The normalized spacial score (nSPS) is 10.6. The fourth-order valence-corrected chi connectivity index (χ4v) is 1.87. The van der Waals surface area contributed by atoms with Crippen LogP contribution in [0.25, 0.3) is 11.3 Å². The molecule has 2 rings (SSSR count). The summed E-state index contributed by atoms with van der Waals surface area (Å²) in [6.45, 7) is 2.11. The molecule has 0 bridgehead atoms. The van der Waals surface area contributed by atoms with E-state index in [1.165, 1.54) is 0 Å². The summed E-state index contributed by atoms with van der Waals surface area (Å²) in [6, 6.07) is 8.13. The number of rotatable bonds is 2. The van der Waals surface area contributed by atoms with Gasteiger partial charge in [-0.25, -0.2) is 0 Å². The van der Waals surface area contributed by atoms with E-state index in [2.05, 4.69) is 33.2 Å². The van der Waals surface area contributed by atoms with Crippen molar-refractivity contribution in [3.63, 3.8) is 0 Å². The number of halogens is 1. The van der Waals surface area contributed by atoms with Crippen LogP contribution < -0.4 is 0 Å². The van der Waals surface area contributed by atoms with Gasteiger partial charge in [-0.1, -0.05) is 40.2 Å². The van der Waals surface area contributed by atoms with E-state index in [9.17, 15) is 0 Å². The van der Waals surface area contributed by atoms with E-state index in [0.29, 0.717) is 0 Å². The Morgan fingerprint density at radius 2 is 1.93 bits per heavy atom. The van der Waals surface area contributed by atoms with Crippen molar-refractivity contribution >= 4 is 15.9 Å². The molecule has 2 aromatic rings. The zero-order valence-corrected chi connectivity index (χ0v) is 10.3. The van der Waals surface area contributed by atoms with Gasteiger partial charge < -0.3 is 0 Å². The Kier molecular flexibility index (Phi) is 2.86. The number of aryl methyl sites for hydroxylation is 1. The van der Waals surface area contributed by atoms with Crippen molar-refractivity contribution in [3.8, 4) is 11.3 Å². The average Bonchev–Trinajstić information content (AvgIpc) is 2.61. The van der Waals surface area contributed by atoms with E-state index in [1.807, 2.05) is 36.0 Å². The van der Waals surface area contributed by atoms with Crippen LogP contribution in [0.5, 0.6) is 0 Å². The third-order valence-corrected chi connectivity index (χ3v) is 2.92. The van der Waals surface area contributed by atoms with Gasteiger partial charge in [-0.2, -0.15) is 0 Å². The first-order chi connectivity index (χ1) is 7.22. The summed E-state index contributed by atoms with van der Waals surface area (Å²) >= 11 is 3.42. The van der Waals surface area contributed by atoms with E-state index in [1.54, 1.807) is 0 Å². The lowest BCUT2D eigenvalue weighted by Crippen LogP contribution is -1.97. The molecule has 0 aliphatic rings. The Morgan fingerprint density at radius 1 is 1.27 bits per heavy atom. The van der Waals surface area contributed by atoms with Crippen LogP contribution in [0.1, 0.15) is 12.6 Å². The number of hydrogen-bond acceptors (Lipinski definition) is 2. The Hall–Kier alpha value is -1.16. The molecule has 0 spiro atoms. The van der Waals surface area contributed by atoms with Gasteiger partial charge in [0.05, 0.1) is 5.69 Å². The highest BCUT2D eigenvalue weighted by atomic mass is 79.9. The van der Waals surface area contributed by atoms with Crippen molar-refractivity contribution in [1.82, 2.24) is 15.0 Å². The third-order valence-electron chi connectivity index (χ3n) is 2.40. The Bertz CT molecular complexity index is 459. The van der Waals surface area contributed by atoms with Gasteiger partial charge in [-0.15, -0.1) is 5.10 Å². The molecule has 15 heavy (non-hydrogen) atoms. The minimum atomic E-state index is 0.939. The first kappa shape index (κ1) is 10.4. The zero-order valence-electron chi connectivity index (χ0n) is 8.74. The Labute approximate surface area is 97.2 Å². The Morgan fingerprint density at radius 3 is 2.53 bits per heavy atom. The largest absolute Gasteiger partial charge is 0.252 e. The molecule has 0 aliphatic heterocycles. The molecule has 1 heterocycles. The van der Waals surface area contributed by atoms with Gasteiger partial charge in [0.1, 0.15) is 5.69 Å². The topological polar surface area (TPSA) is 30.7 Å². The smallest absolute Gasteiger partial charge is 0.116 e. The molecule has 78 valence electrons. The molecule has 0 radical (unpaired) electrons. The van der Waals surface area contributed by atoms with Gasteiger partial charge >= 0.3 is 0 Å². The quantitative estimate of drug-likeness (QED) is 0.836. The molecule has 0 aliphatic carbocycles. The molecule has 4 heteroatoms. The van der Waals surface area contributed by atoms with E-state index in [-0.39, 0.29) is 0 Å². The third kappa shape index (κ3) is 1.95. The summed E-state index contributed by atoms with van der Waals surface area (Å²) in [4.78, 5) is 0. The minimum absolute atomic E-state index is 0.939. The van der Waals surface area contributed by atoms with Crippen LogP contribution in [0.4, 0.5) is 0 Å². The minimum Gasteiger partial charge on any atom is -0.252 e. The second kappa shape index (κ2) is 4.14. The monoisotopic (exact) mass is 265 g/mol. The van der Waals surface area contributed by atoms with Crippen molar-refractivity contribution in [1.29, 1.82) is 0 Å². The van der Waals surface area contributed by atoms with Gasteiger partial charge in [0.15, 0.2) is 0 Å². The number of aromatic nitrogens is 3. The lowest BCUT2D eigenvalue weighted by atomic mass is 10.1. The molecule has 0 saturated carbocycles. The van der Waals surface area contributed by atoms with Crippen LogP contribution in [0.3, 0.4) is 0 Å². The number of nitrogens with zero attached hydrogens (tertiary/aromatic N) is 3. The predicted molar refractivity (Wildman–Crippen MR) is 63.5 cm³/mol. The highest BCUT2D eigenvalue weighted by molar-refractivity contribution is 9.10. The van der Waals surface area contributed by atoms with Gasteiger partial charge in [-0.05, 0) is 18.6 Å². The molecule has 0 saturated heterocycles. The van der Waals surface area contributed by atoms with Gasteiger partial charge in [0.25, 0.3) is 0 Å². The molecule has 0 fully saturated rings. The molecular weight excluding hydrogens is 254 g/mol. The van der Waals surface area contributed by atoms with Gasteiger partial charge in [0.2, 0.25) is 0 Å². The molecule has 3 nitrogen and oxygen atoms in total. The maximum absolute atomic E-state index is 4.18. The van der Waals surface area contributed by atoms with Crippen LogP contribution in [0.15, 0.2) is 28.7 Å². The standard InChI is InChI=1S/C11H12BrN3/c1-3-10-11(13-14-15(10)2)8-4-6-9(12)7-5-8/h4-7H,3H2,1-2H3. The van der Waals surface area contributed by atoms with E-state index < -0.39 is 0 Å². The van der Waals surface area contributed by atoms with Crippen molar-refractivity contribution in [3.05, 3.63) is 34.4 Å². The van der Waals surface area contributed by atoms with E-state index in [0.717, 1.165) is 27.8 Å². The van der Waals surface area contributed by atoms with Gasteiger partial charge in [-0.3, -0.25) is 4.68 Å². The summed E-state index contributed by atoms with van der Waals surface area (Å²) in [5.41, 5.74) is 3.26. The molecule has 0 atom stereocenters. The van der Waals surface area contributed by atoms with Crippen LogP contribution in [0, 0.1) is 0 Å². The summed E-state index contributed by atoms with van der Waals surface area (Å²) < 4.78 is 2.91. The molecule has 0 amide bonds. The number of benzene rings is 1. The van der Waals surface area contributed by atoms with Crippen molar-refractivity contribution < 1.29 is 0 Å². The highest BCUT2D eigenvalue weighted by Crippen LogP contribution is 2.22. The lowest BCUT2D eigenvalue weighted by Gasteiger charge is -2.01. The van der Waals surface area contributed by atoms with Gasteiger partial charge in [0, 0.05) is 17.1 Å². The summed E-state index contributed by atoms with van der Waals surface area (Å²) in [5.74, 6) is 0. The van der Waals surface area contributed by atoms with Crippen LogP contribution in [-0.2, 0) is 13.5 Å². The molecule has 0 N–H and O–H groups in total. The second-order valence-electron chi connectivity index (χ2n) is 3.37. The van der Waals surface area contributed by atoms with Crippen LogP contribution in [0.2, 0.25) is 0 Å². The average molecular weight is 266 g/mol. The SMILES string of the molecule is CCc1c(-c2ccc(Br)cc2)nnn1C. The van der Waals surface area contributed by atoms with Crippen molar-refractivity contribution in [2.45, 2.75) is 13.3 Å². The lowest BCUT2D eigenvalue weighted by molar-refractivity contribution is 0.682. The maximum atomic E-state index is 4.18. The first-order valence-electron chi connectivity index (χ1n) is 4.87. The van der Waals surface area contributed by atoms with E-state index in [4.69, 9.17) is 0 Å². The first-order valence-corrected chi connectivity index (χ1v) is 5.66. The Balaban J connectivity index is 2.49. The summed E-state index contributed by atoms with van der Waals surface area (Å²) in [7, 11) is 1.92. The maximum Gasteiger partial charge on any atom is 0.116 e. The predicted octanol–water partition coefficient (Wildman–Crippen LogP) is 2.81. The zero-order chi connectivity index (χ0) is 10.8. The highest BCUT2D eigenvalue weighted by Gasteiger charge is 2.10. The van der Waals surface area contributed by atoms with Crippen LogP contribution >= 0.6 is 15.9 Å². The summed E-state index contributed by atoms with van der Waals surface area (Å²) in [6.07, 6.45) is 0.939. The van der Waals surface area contributed by atoms with Crippen molar-refractivity contribution in [2.75, 3.05) is 0 Å². The fraction of sp³-hybridized carbons (Fsp3) is 0.273. The van der Waals surface area contributed by atoms with E-state index >= 15 is 0 Å².